The number of rotatable bonds is 6. The fourth-order valence-electron chi connectivity index (χ4n) is 3.37. The van der Waals surface area contributed by atoms with Crippen LogP contribution in [0.2, 0.25) is 0 Å². The highest BCUT2D eigenvalue weighted by Gasteiger charge is 2.38. The van der Waals surface area contributed by atoms with E-state index in [1.165, 1.54) is 6.07 Å². The van der Waals surface area contributed by atoms with Crippen LogP contribution in [-0.2, 0) is 5.60 Å². The molecule has 0 bridgehead atoms. The molecule has 0 spiro atoms. The fraction of sp³-hybridized carbons (Fsp3) is 0.364. The Labute approximate surface area is 150 Å². The molecule has 0 aliphatic rings. The lowest BCUT2D eigenvalue weighted by atomic mass is 9.76. The zero-order chi connectivity index (χ0) is 18.6. The molecule has 2 atom stereocenters. The first-order valence-electron chi connectivity index (χ1n) is 8.62. The van der Waals surface area contributed by atoms with Crippen LogP contribution in [0.3, 0.4) is 0 Å². The maximum absolute atomic E-state index is 13.7. The maximum atomic E-state index is 13.7. The molecule has 0 amide bonds. The van der Waals surface area contributed by atoms with Gasteiger partial charge in [-0.3, -0.25) is 0 Å². The van der Waals surface area contributed by atoms with Gasteiger partial charge in [-0.1, -0.05) is 49.4 Å². The van der Waals surface area contributed by atoms with Gasteiger partial charge in [-0.2, -0.15) is 0 Å². The molecule has 0 fully saturated rings. The quantitative estimate of drug-likeness (QED) is 0.828. The second-order valence-corrected chi connectivity index (χ2v) is 7.13. The lowest BCUT2D eigenvalue weighted by Gasteiger charge is -2.37. The predicted octanol–water partition coefficient (Wildman–Crippen LogP) is 4.62. The van der Waals surface area contributed by atoms with Gasteiger partial charge in [-0.25, -0.2) is 4.39 Å². The lowest BCUT2D eigenvalue weighted by Crippen LogP contribution is -2.40. The molecular formula is C22H28FNO. The van der Waals surface area contributed by atoms with Crippen molar-refractivity contribution in [3.8, 4) is 0 Å². The van der Waals surface area contributed by atoms with Gasteiger partial charge in [0.05, 0.1) is 0 Å². The molecule has 2 aromatic rings. The van der Waals surface area contributed by atoms with Gasteiger partial charge in [0.15, 0.2) is 0 Å². The van der Waals surface area contributed by atoms with Crippen molar-refractivity contribution in [3.63, 3.8) is 0 Å². The van der Waals surface area contributed by atoms with E-state index < -0.39 is 5.60 Å². The summed E-state index contributed by atoms with van der Waals surface area (Å²) in [5, 5.41) is 11.7. The Morgan fingerprint density at radius 3 is 2.40 bits per heavy atom. The second kappa shape index (κ2) is 7.94. The van der Waals surface area contributed by atoms with Crippen molar-refractivity contribution in [2.45, 2.75) is 26.4 Å². The van der Waals surface area contributed by atoms with Gasteiger partial charge in [-0.05, 0) is 62.3 Å². The van der Waals surface area contributed by atoms with Gasteiger partial charge in [0.2, 0.25) is 0 Å². The highest BCUT2D eigenvalue weighted by Crippen LogP contribution is 2.38. The minimum atomic E-state index is -1.17. The fourth-order valence-corrected chi connectivity index (χ4v) is 3.37. The third-order valence-electron chi connectivity index (χ3n) is 4.73. The van der Waals surface area contributed by atoms with Crippen molar-refractivity contribution in [1.29, 1.82) is 0 Å². The molecule has 2 unspecified atom stereocenters. The van der Waals surface area contributed by atoms with Crippen molar-refractivity contribution >= 4 is 6.08 Å². The van der Waals surface area contributed by atoms with E-state index in [9.17, 15) is 9.50 Å². The van der Waals surface area contributed by atoms with Crippen LogP contribution in [0.4, 0.5) is 4.39 Å². The normalized spacial score (nSPS) is 15.9. The molecule has 134 valence electrons. The minimum absolute atomic E-state index is 0.0627. The largest absolute Gasteiger partial charge is 0.380 e. The Morgan fingerprint density at radius 1 is 1.20 bits per heavy atom. The van der Waals surface area contributed by atoms with E-state index in [0.29, 0.717) is 12.1 Å². The number of hydrogen-bond acceptors (Lipinski definition) is 2. The maximum Gasteiger partial charge on any atom is 0.126 e. The van der Waals surface area contributed by atoms with Crippen molar-refractivity contribution in [2.24, 2.45) is 5.92 Å². The van der Waals surface area contributed by atoms with Gasteiger partial charge in [-0.15, -0.1) is 0 Å². The third-order valence-corrected chi connectivity index (χ3v) is 4.73. The first kappa shape index (κ1) is 19.4. The molecule has 25 heavy (non-hydrogen) atoms. The monoisotopic (exact) mass is 341 g/mol. The minimum Gasteiger partial charge on any atom is -0.380 e. The predicted molar refractivity (Wildman–Crippen MR) is 103 cm³/mol. The van der Waals surface area contributed by atoms with Crippen LogP contribution < -0.4 is 0 Å². The molecule has 0 aliphatic carbocycles. The first-order chi connectivity index (χ1) is 11.7. The van der Waals surface area contributed by atoms with Crippen molar-refractivity contribution < 1.29 is 9.50 Å². The average Bonchev–Trinajstić information content (AvgIpc) is 2.56. The van der Waals surface area contributed by atoms with E-state index in [2.05, 4.69) is 4.90 Å². The van der Waals surface area contributed by atoms with Gasteiger partial charge in [0, 0.05) is 12.5 Å². The van der Waals surface area contributed by atoms with Crippen LogP contribution in [0.25, 0.3) is 6.08 Å². The molecule has 0 saturated heterocycles. The number of aliphatic hydroxyl groups is 1. The van der Waals surface area contributed by atoms with Crippen LogP contribution in [-0.4, -0.2) is 30.6 Å². The van der Waals surface area contributed by atoms with Crippen molar-refractivity contribution in [1.82, 2.24) is 4.90 Å². The molecule has 0 heterocycles. The molecule has 3 heteroatoms. The summed E-state index contributed by atoms with van der Waals surface area (Å²) < 4.78 is 13.7. The smallest absolute Gasteiger partial charge is 0.126 e. The van der Waals surface area contributed by atoms with Gasteiger partial charge in [0.1, 0.15) is 11.4 Å². The number of benzene rings is 2. The Balaban J connectivity index is 2.55. The van der Waals surface area contributed by atoms with E-state index >= 15 is 0 Å². The summed E-state index contributed by atoms with van der Waals surface area (Å²) in [4.78, 5) is 2.06. The van der Waals surface area contributed by atoms with E-state index in [0.717, 1.165) is 16.7 Å². The molecule has 0 saturated carbocycles. The molecule has 2 nitrogen and oxygen atoms in total. The summed E-state index contributed by atoms with van der Waals surface area (Å²) in [6.07, 6.45) is 2.00. The number of aryl methyl sites for hydroxylation is 1. The highest BCUT2D eigenvalue weighted by atomic mass is 19.1. The topological polar surface area (TPSA) is 23.5 Å². The summed E-state index contributed by atoms with van der Waals surface area (Å²) >= 11 is 0. The molecule has 0 radical (unpaired) electrons. The van der Waals surface area contributed by atoms with Crippen LogP contribution in [0, 0.1) is 18.7 Å². The zero-order valence-corrected chi connectivity index (χ0v) is 15.8. The zero-order valence-electron chi connectivity index (χ0n) is 15.8. The standard InChI is InChI=1S/C22H28FNO/c1-16-13-20(11-12-21(16)23)22(25,18(3)15-24(4)5)17(2)14-19-9-7-6-8-10-19/h6-14,18,25H,15H2,1-5H3/b17-14-. The Bertz CT molecular complexity index is 739. The summed E-state index contributed by atoms with van der Waals surface area (Å²) in [6, 6.07) is 14.8. The Kier molecular flexibility index (Phi) is 6.15. The molecule has 0 aliphatic heterocycles. The van der Waals surface area contributed by atoms with E-state index in [1.54, 1.807) is 19.1 Å². The van der Waals surface area contributed by atoms with Crippen LogP contribution in [0.15, 0.2) is 54.1 Å². The summed E-state index contributed by atoms with van der Waals surface area (Å²) in [6.45, 7) is 6.41. The molecule has 0 aromatic heterocycles. The third kappa shape index (κ3) is 4.36. The molecule has 2 aromatic carbocycles. The molecule has 2 rings (SSSR count). The van der Waals surface area contributed by atoms with Crippen LogP contribution >= 0.6 is 0 Å². The SMILES string of the molecule is C/C(=C/c1ccccc1)C(O)(c1ccc(F)c(C)c1)C(C)CN(C)C. The highest BCUT2D eigenvalue weighted by molar-refractivity contribution is 5.56. The van der Waals surface area contributed by atoms with E-state index in [4.69, 9.17) is 0 Å². The lowest BCUT2D eigenvalue weighted by molar-refractivity contribution is 0.0104. The second-order valence-electron chi connectivity index (χ2n) is 7.13. The van der Waals surface area contributed by atoms with Gasteiger partial charge >= 0.3 is 0 Å². The van der Waals surface area contributed by atoms with Gasteiger partial charge < -0.3 is 10.0 Å². The summed E-state index contributed by atoms with van der Waals surface area (Å²) in [5.74, 6) is -0.316. The summed E-state index contributed by atoms with van der Waals surface area (Å²) in [7, 11) is 3.98. The Hall–Kier alpha value is -1.97. The summed E-state index contributed by atoms with van der Waals surface area (Å²) in [5.41, 5.74) is 1.98. The number of nitrogens with zero attached hydrogens (tertiary/aromatic N) is 1. The molecular weight excluding hydrogens is 313 g/mol. The van der Waals surface area contributed by atoms with Crippen LogP contribution in [0.1, 0.15) is 30.5 Å². The van der Waals surface area contributed by atoms with Crippen LogP contribution in [0.5, 0.6) is 0 Å². The van der Waals surface area contributed by atoms with Gasteiger partial charge in [0.25, 0.3) is 0 Å². The van der Waals surface area contributed by atoms with Crippen molar-refractivity contribution in [2.75, 3.05) is 20.6 Å². The van der Waals surface area contributed by atoms with Crippen molar-refractivity contribution in [3.05, 3.63) is 76.6 Å². The number of halogens is 1. The number of hydrogen-bond donors (Lipinski definition) is 1. The molecule has 1 N–H and O–H groups in total. The first-order valence-corrected chi connectivity index (χ1v) is 8.62. The van der Waals surface area contributed by atoms with E-state index in [-0.39, 0.29) is 11.7 Å². The van der Waals surface area contributed by atoms with E-state index in [1.807, 2.05) is 64.4 Å². The average molecular weight is 341 g/mol. The Morgan fingerprint density at radius 2 is 1.84 bits per heavy atom.